The Labute approximate surface area is 120 Å². The van der Waals surface area contributed by atoms with Gasteiger partial charge in [-0.25, -0.2) is 4.98 Å². The third kappa shape index (κ3) is 2.82. The number of rotatable bonds is 3. The maximum absolute atomic E-state index is 11.6. The molecule has 0 unspecified atom stereocenters. The molecule has 0 radical (unpaired) electrons. The largest absolute Gasteiger partial charge is 0.310 e. The SMILES string of the molecule is O=c1cc(C2CC2)nc(Cc2c(Cl)cccc2Cl)[nH]1. The molecule has 3 rings (SSSR count). The van der Waals surface area contributed by atoms with E-state index < -0.39 is 0 Å². The fourth-order valence-corrected chi connectivity index (χ4v) is 2.60. The summed E-state index contributed by atoms with van der Waals surface area (Å²) in [6, 6.07) is 6.94. The lowest BCUT2D eigenvalue weighted by atomic mass is 10.1. The van der Waals surface area contributed by atoms with Crippen LogP contribution in [0.15, 0.2) is 29.1 Å². The minimum absolute atomic E-state index is 0.116. The fourth-order valence-electron chi connectivity index (χ4n) is 2.07. The van der Waals surface area contributed by atoms with Gasteiger partial charge in [-0.1, -0.05) is 29.3 Å². The predicted molar refractivity (Wildman–Crippen MR) is 76.1 cm³/mol. The standard InChI is InChI=1S/C14H12Cl2N2O/c15-10-2-1-3-11(16)9(10)6-13-17-12(8-4-5-8)7-14(19)18-13/h1-3,7-8H,4-6H2,(H,17,18,19). The molecule has 0 saturated heterocycles. The van der Waals surface area contributed by atoms with Crippen molar-refractivity contribution in [3.63, 3.8) is 0 Å². The Morgan fingerprint density at radius 3 is 2.58 bits per heavy atom. The van der Waals surface area contributed by atoms with Crippen LogP contribution in [-0.4, -0.2) is 9.97 Å². The highest BCUT2D eigenvalue weighted by atomic mass is 35.5. The highest BCUT2D eigenvalue weighted by molar-refractivity contribution is 6.36. The molecule has 0 spiro atoms. The molecule has 0 aliphatic heterocycles. The Bertz CT molecular complexity index is 657. The number of H-pyrrole nitrogens is 1. The lowest BCUT2D eigenvalue weighted by Gasteiger charge is -2.07. The third-order valence-corrected chi connectivity index (χ3v) is 3.92. The van der Waals surface area contributed by atoms with E-state index in [1.807, 2.05) is 0 Å². The predicted octanol–water partition coefficient (Wildman–Crippen LogP) is 3.54. The molecule has 1 aromatic carbocycles. The second-order valence-corrected chi connectivity index (χ2v) is 5.58. The third-order valence-electron chi connectivity index (χ3n) is 3.21. The lowest BCUT2D eigenvalue weighted by Crippen LogP contribution is -2.13. The van der Waals surface area contributed by atoms with Crippen LogP contribution in [0.1, 0.15) is 35.8 Å². The molecule has 1 aromatic heterocycles. The van der Waals surface area contributed by atoms with E-state index in [0.29, 0.717) is 28.2 Å². The first kappa shape index (κ1) is 12.7. The summed E-state index contributed by atoms with van der Waals surface area (Å²) in [6.45, 7) is 0. The molecule has 1 saturated carbocycles. The van der Waals surface area contributed by atoms with E-state index in [-0.39, 0.29) is 5.56 Å². The van der Waals surface area contributed by atoms with Crippen LogP contribution in [0.4, 0.5) is 0 Å². The van der Waals surface area contributed by atoms with Crippen LogP contribution in [0.25, 0.3) is 0 Å². The number of benzene rings is 1. The molecular formula is C14H12Cl2N2O. The van der Waals surface area contributed by atoms with Gasteiger partial charge in [0.05, 0.1) is 5.69 Å². The van der Waals surface area contributed by atoms with Crippen molar-refractivity contribution in [1.82, 2.24) is 9.97 Å². The maximum atomic E-state index is 11.6. The van der Waals surface area contributed by atoms with Crippen LogP contribution in [0.3, 0.4) is 0 Å². The number of aromatic amines is 1. The van der Waals surface area contributed by atoms with Crippen LogP contribution >= 0.6 is 23.2 Å². The number of hydrogen-bond donors (Lipinski definition) is 1. The summed E-state index contributed by atoms with van der Waals surface area (Å²) in [5.41, 5.74) is 1.55. The molecule has 1 aliphatic carbocycles. The summed E-state index contributed by atoms with van der Waals surface area (Å²) in [6.07, 6.45) is 2.67. The molecule has 1 N–H and O–H groups in total. The summed E-state index contributed by atoms with van der Waals surface area (Å²) in [5.74, 6) is 1.06. The molecule has 0 atom stereocenters. The Hall–Kier alpha value is -1.32. The molecule has 1 heterocycles. The molecule has 1 fully saturated rings. The minimum atomic E-state index is -0.116. The zero-order valence-corrected chi connectivity index (χ0v) is 11.6. The van der Waals surface area contributed by atoms with E-state index in [0.717, 1.165) is 24.1 Å². The summed E-state index contributed by atoms with van der Waals surface area (Å²) in [4.78, 5) is 18.9. The van der Waals surface area contributed by atoms with E-state index in [4.69, 9.17) is 23.2 Å². The van der Waals surface area contributed by atoms with Gasteiger partial charge in [0.2, 0.25) is 0 Å². The van der Waals surface area contributed by atoms with E-state index in [1.165, 1.54) is 0 Å². The molecular weight excluding hydrogens is 283 g/mol. The molecule has 0 bridgehead atoms. The van der Waals surface area contributed by atoms with Crippen LogP contribution < -0.4 is 5.56 Å². The highest BCUT2D eigenvalue weighted by Gasteiger charge is 2.25. The van der Waals surface area contributed by atoms with Crippen molar-refractivity contribution in [1.29, 1.82) is 0 Å². The maximum Gasteiger partial charge on any atom is 0.251 e. The Balaban J connectivity index is 1.97. The van der Waals surface area contributed by atoms with Crippen molar-refractivity contribution in [2.24, 2.45) is 0 Å². The zero-order valence-electron chi connectivity index (χ0n) is 10.1. The molecule has 1 aliphatic rings. The highest BCUT2D eigenvalue weighted by Crippen LogP contribution is 2.38. The Kier molecular flexibility index (Phi) is 3.33. The van der Waals surface area contributed by atoms with Crippen molar-refractivity contribution in [2.75, 3.05) is 0 Å². The second-order valence-electron chi connectivity index (χ2n) is 4.77. The normalized spacial score (nSPS) is 14.6. The topological polar surface area (TPSA) is 45.8 Å². The monoisotopic (exact) mass is 294 g/mol. The summed E-state index contributed by atoms with van der Waals surface area (Å²) < 4.78 is 0. The second kappa shape index (κ2) is 4.99. The van der Waals surface area contributed by atoms with Gasteiger partial charge in [0.15, 0.2) is 0 Å². The van der Waals surface area contributed by atoms with Crippen molar-refractivity contribution < 1.29 is 0 Å². The molecule has 19 heavy (non-hydrogen) atoms. The minimum Gasteiger partial charge on any atom is -0.310 e. The van der Waals surface area contributed by atoms with Gasteiger partial charge in [-0.2, -0.15) is 0 Å². The quantitative estimate of drug-likeness (QED) is 0.941. The Morgan fingerprint density at radius 1 is 1.26 bits per heavy atom. The number of halogens is 2. The van der Waals surface area contributed by atoms with Gasteiger partial charge >= 0.3 is 0 Å². The van der Waals surface area contributed by atoms with Gasteiger partial charge in [0, 0.05) is 28.5 Å². The van der Waals surface area contributed by atoms with Crippen molar-refractivity contribution in [3.05, 3.63) is 61.7 Å². The van der Waals surface area contributed by atoms with Crippen LogP contribution in [0.2, 0.25) is 10.0 Å². The first-order chi connectivity index (χ1) is 9.13. The van der Waals surface area contributed by atoms with Crippen molar-refractivity contribution in [2.45, 2.75) is 25.2 Å². The lowest BCUT2D eigenvalue weighted by molar-refractivity contribution is 0.882. The van der Waals surface area contributed by atoms with Gasteiger partial charge in [-0.3, -0.25) is 4.79 Å². The first-order valence-corrected chi connectivity index (χ1v) is 6.92. The van der Waals surface area contributed by atoms with E-state index >= 15 is 0 Å². The average molecular weight is 295 g/mol. The van der Waals surface area contributed by atoms with Gasteiger partial charge in [0.1, 0.15) is 5.82 Å². The fraction of sp³-hybridized carbons (Fsp3) is 0.286. The first-order valence-electron chi connectivity index (χ1n) is 6.16. The van der Waals surface area contributed by atoms with E-state index in [2.05, 4.69) is 9.97 Å². The van der Waals surface area contributed by atoms with Gasteiger partial charge in [-0.05, 0) is 30.5 Å². The number of nitrogens with zero attached hydrogens (tertiary/aromatic N) is 1. The number of nitrogens with one attached hydrogen (secondary N) is 1. The molecule has 98 valence electrons. The Morgan fingerprint density at radius 2 is 1.95 bits per heavy atom. The van der Waals surface area contributed by atoms with E-state index in [1.54, 1.807) is 24.3 Å². The number of hydrogen-bond acceptors (Lipinski definition) is 2. The van der Waals surface area contributed by atoms with Gasteiger partial charge < -0.3 is 4.98 Å². The van der Waals surface area contributed by atoms with Gasteiger partial charge in [-0.15, -0.1) is 0 Å². The summed E-state index contributed by atoms with van der Waals surface area (Å²) in [5, 5.41) is 1.18. The summed E-state index contributed by atoms with van der Waals surface area (Å²) in [7, 11) is 0. The zero-order chi connectivity index (χ0) is 13.4. The van der Waals surface area contributed by atoms with Crippen LogP contribution in [0, 0.1) is 0 Å². The summed E-state index contributed by atoms with van der Waals surface area (Å²) >= 11 is 12.3. The van der Waals surface area contributed by atoms with Crippen LogP contribution in [-0.2, 0) is 6.42 Å². The average Bonchev–Trinajstić information content (AvgIpc) is 3.17. The van der Waals surface area contributed by atoms with Crippen molar-refractivity contribution >= 4 is 23.2 Å². The number of aromatic nitrogens is 2. The van der Waals surface area contributed by atoms with E-state index in [9.17, 15) is 4.79 Å². The smallest absolute Gasteiger partial charge is 0.251 e. The molecule has 3 nitrogen and oxygen atoms in total. The molecule has 2 aromatic rings. The van der Waals surface area contributed by atoms with Crippen LogP contribution in [0.5, 0.6) is 0 Å². The van der Waals surface area contributed by atoms with Gasteiger partial charge in [0.25, 0.3) is 5.56 Å². The molecule has 5 heteroatoms. The van der Waals surface area contributed by atoms with Crippen molar-refractivity contribution in [3.8, 4) is 0 Å². The molecule has 0 amide bonds.